The SMILES string of the molecule is Cc1c(C(=O)NCCCCCCC(=O)NO)sc2ncnc(Nc3ccc4c(cnn4Cc4cccc(F)c4)c3)c12. The Hall–Kier alpha value is -4.42. The number of benzene rings is 2. The fourth-order valence-corrected chi connectivity index (χ4v) is 5.79. The van der Waals surface area contributed by atoms with Gasteiger partial charge < -0.3 is 10.6 Å². The average Bonchev–Trinajstić information content (AvgIpc) is 3.53. The molecule has 2 amide bonds. The molecular weight excluding hydrogens is 545 g/mol. The van der Waals surface area contributed by atoms with Crippen LogP contribution in [0.25, 0.3) is 21.1 Å². The summed E-state index contributed by atoms with van der Waals surface area (Å²) in [5.41, 5.74) is 5.01. The minimum atomic E-state index is -0.384. The van der Waals surface area contributed by atoms with Gasteiger partial charge in [0.1, 0.15) is 22.8 Å². The lowest BCUT2D eigenvalue weighted by Crippen LogP contribution is -2.24. The maximum absolute atomic E-state index is 13.6. The Morgan fingerprint density at radius 1 is 1.07 bits per heavy atom. The van der Waals surface area contributed by atoms with Crippen LogP contribution in [0.5, 0.6) is 0 Å². The number of thiophene rings is 1. The monoisotopic (exact) mass is 575 g/mol. The Bertz CT molecular complexity index is 1700. The second-order valence-corrected chi connectivity index (χ2v) is 10.7. The lowest BCUT2D eigenvalue weighted by Gasteiger charge is -2.09. The lowest BCUT2D eigenvalue weighted by atomic mass is 10.1. The van der Waals surface area contributed by atoms with Crippen molar-refractivity contribution in [1.29, 1.82) is 0 Å². The summed E-state index contributed by atoms with van der Waals surface area (Å²) < 4.78 is 15.4. The highest BCUT2D eigenvalue weighted by molar-refractivity contribution is 7.20. The average molecular weight is 576 g/mol. The van der Waals surface area contributed by atoms with Crippen LogP contribution < -0.4 is 16.1 Å². The summed E-state index contributed by atoms with van der Waals surface area (Å²) in [5, 5.41) is 21.1. The molecule has 0 fully saturated rings. The fourth-order valence-electron chi connectivity index (χ4n) is 4.72. The van der Waals surface area contributed by atoms with Crippen LogP contribution in [0.3, 0.4) is 0 Å². The number of carbonyl (C=O) groups is 2. The van der Waals surface area contributed by atoms with Gasteiger partial charge in [-0.25, -0.2) is 19.8 Å². The van der Waals surface area contributed by atoms with Gasteiger partial charge in [0.2, 0.25) is 5.91 Å². The summed E-state index contributed by atoms with van der Waals surface area (Å²) in [6.45, 7) is 2.89. The molecule has 212 valence electrons. The first-order valence-electron chi connectivity index (χ1n) is 13.3. The van der Waals surface area contributed by atoms with Crippen LogP contribution in [-0.4, -0.2) is 43.3 Å². The van der Waals surface area contributed by atoms with Crippen molar-refractivity contribution in [2.24, 2.45) is 0 Å². The Morgan fingerprint density at radius 2 is 1.93 bits per heavy atom. The predicted octanol–water partition coefficient (Wildman–Crippen LogP) is 5.47. The van der Waals surface area contributed by atoms with Gasteiger partial charge in [0, 0.05) is 24.0 Å². The van der Waals surface area contributed by atoms with Gasteiger partial charge in [0.05, 0.1) is 28.5 Å². The van der Waals surface area contributed by atoms with Crippen molar-refractivity contribution in [1.82, 2.24) is 30.5 Å². The van der Waals surface area contributed by atoms with Crippen LogP contribution >= 0.6 is 11.3 Å². The van der Waals surface area contributed by atoms with Gasteiger partial charge >= 0.3 is 0 Å². The van der Waals surface area contributed by atoms with Crippen molar-refractivity contribution in [2.75, 3.05) is 11.9 Å². The van der Waals surface area contributed by atoms with E-state index >= 15 is 0 Å². The van der Waals surface area contributed by atoms with Gasteiger partial charge in [-0.1, -0.05) is 25.0 Å². The maximum Gasteiger partial charge on any atom is 0.261 e. The molecule has 4 N–H and O–H groups in total. The molecule has 12 heteroatoms. The van der Waals surface area contributed by atoms with Crippen molar-refractivity contribution < 1.29 is 19.2 Å². The minimum Gasteiger partial charge on any atom is -0.351 e. The molecule has 10 nitrogen and oxygen atoms in total. The molecule has 0 radical (unpaired) electrons. The second kappa shape index (κ2) is 12.8. The van der Waals surface area contributed by atoms with Crippen molar-refractivity contribution in [3.05, 3.63) is 76.8 Å². The third-order valence-electron chi connectivity index (χ3n) is 6.80. The normalized spacial score (nSPS) is 11.2. The van der Waals surface area contributed by atoms with Crippen molar-refractivity contribution >= 4 is 55.8 Å². The highest BCUT2D eigenvalue weighted by atomic mass is 32.1. The molecule has 0 aliphatic carbocycles. The molecule has 5 rings (SSSR count). The van der Waals surface area contributed by atoms with Crippen molar-refractivity contribution in [3.63, 3.8) is 0 Å². The smallest absolute Gasteiger partial charge is 0.261 e. The van der Waals surface area contributed by atoms with E-state index in [2.05, 4.69) is 25.7 Å². The van der Waals surface area contributed by atoms with E-state index in [1.54, 1.807) is 17.7 Å². The summed E-state index contributed by atoms with van der Waals surface area (Å²) in [4.78, 5) is 34.2. The molecule has 5 aromatic rings. The van der Waals surface area contributed by atoms with Gasteiger partial charge in [0.25, 0.3) is 5.91 Å². The van der Waals surface area contributed by atoms with E-state index in [0.717, 1.165) is 57.2 Å². The molecule has 3 heterocycles. The number of hydrogen-bond acceptors (Lipinski definition) is 8. The molecule has 0 saturated carbocycles. The summed E-state index contributed by atoms with van der Waals surface area (Å²) in [6.07, 6.45) is 6.75. The first-order valence-corrected chi connectivity index (χ1v) is 14.2. The number of aryl methyl sites for hydroxylation is 1. The number of anilines is 2. The molecule has 0 aliphatic rings. The number of amides is 2. The summed E-state index contributed by atoms with van der Waals surface area (Å²) >= 11 is 1.33. The number of aromatic nitrogens is 4. The van der Waals surface area contributed by atoms with Crippen LogP contribution in [0.2, 0.25) is 0 Å². The topological polar surface area (TPSA) is 134 Å². The third kappa shape index (κ3) is 6.67. The fraction of sp³-hybridized carbons (Fsp3) is 0.276. The first-order chi connectivity index (χ1) is 19.9. The number of nitrogens with zero attached hydrogens (tertiary/aromatic N) is 4. The number of fused-ring (bicyclic) bond motifs is 2. The largest absolute Gasteiger partial charge is 0.351 e. The summed E-state index contributed by atoms with van der Waals surface area (Å²) in [5.74, 6) is -0.195. The van der Waals surface area contributed by atoms with Crippen molar-refractivity contribution in [2.45, 2.75) is 45.6 Å². The number of halogens is 1. The Morgan fingerprint density at radius 3 is 2.76 bits per heavy atom. The standard InChI is InChI=1S/C29H30FN7O3S/c1-18-25-27(32-17-33-29(25)41-26(18)28(39)31-12-5-3-2-4-9-24(38)36-40)35-22-10-11-23-20(14-22)15-34-37(23)16-19-7-6-8-21(30)13-19/h6-8,10-11,13-15,17,40H,2-5,9,12,16H2,1H3,(H,31,39)(H,36,38)(H,32,33,35). The third-order valence-corrected chi connectivity index (χ3v) is 8.00. The highest BCUT2D eigenvalue weighted by Gasteiger charge is 2.19. The van der Waals surface area contributed by atoms with Crippen LogP contribution in [0, 0.1) is 12.7 Å². The van der Waals surface area contributed by atoms with Crippen LogP contribution in [0.1, 0.15) is 52.9 Å². The molecule has 41 heavy (non-hydrogen) atoms. The molecule has 3 aromatic heterocycles. The highest BCUT2D eigenvalue weighted by Crippen LogP contribution is 2.35. The predicted molar refractivity (Wildman–Crippen MR) is 156 cm³/mol. The van der Waals surface area contributed by atoms with E-state index in [-0.39, 0.29) is 24.1 Å². The zero-order valence-corrected chi connectivity index (χ0v) is 23.3. The Balaban J connectivity index is 1.24. The molecule has 0 spiro atoms. The molecule has 0 atom stereocenters. The van der Waals surface area contributed by atoms with Gasteiger partial charge in [-0.3, -0.25) is 19.5 Å². The van der Waals surface area contributed by atoms with Gasteiger partial charge in [0.15, 0.2) is 0 Å². The van der Waals surface area contributed by atoms with Crippen LogP contribution in [0.15, 0.2) is 55.0 Å². The van der Waals surface area contributed by atoms with Crippen LogP contribution in [0.4, 0.5) is 15.9 Å². The number of carbonyl (C=O) groups excluding carboxylic acids is 2. The molecule has 0 saturated heterocycles. The lowest BCUT2D eigenvalue weighted by molar-refractivity contribution is -0.129. The van der Waals surface area contributed by atoms with Crippen molar-refractivity contribution in [3.8, 4) is 0 Å². The van der Waals surface area contributed by atoms with E-state index in [4.69, 9.17) is 5.21 Å². The van der Waals surface area contributed by atoms with Crippen LogP contribution in [-0.2, 0) is 11.3 Å². The van der Waals surface area contributed by atoms with E-state index in [1.165, 1.54) is 29.8 Å². The number of nitrogens with one attached hydrogen (secondary N) is 3. The number of unbranched alkanes of at least 4 members (excludes halogenated alkanes) is 3. The first kappa shape index (κ1) is 28.1. The van der Waals surface area contributed by atoms with Gasteiger partial charge in [-0.2, -0.15) is 5.10 Å². The molecule has 0 unspecified atom stereocenters. The number of hydrogen-bond donors (Lipinski definition) is 4. The summed E-state index contributed by atoms with van der Waals surface area (Å²) in [6, 6.07) is 12.4. The maximum atomic E-state index is 13.6. The molecule has 0 bridgehead atoms. The Kier molecular flexibility index (Phi) is 8.80. The number of hydroxylamine groups is 1. The molecular formula is C29H30FN7O3S. The van der Waals surface area contributed by atoms with E-state index in [9.17, 15) is 14.0 Å². The van der Waals surface area contributed by atoms with Gasteiger partial charge in [-0.15, -0.1) is 11.3 Å². The second-order valence-electron chi connectivity index (χ2n) is 9.74. The number of rotatable bonds is 12. The van der Waals surface area contributed by atoms with E-state index in [1.807, 2.05) is 35.9 Å². The minimum absolute atomic E-state index is 0.150. The zero-order chi connectivity index (χ0) is 28.8. The quantitative estimate of drug-likeness (QED) is 0.0881. The zero-order valence-electron chi connectivity index (χ0n) is 22.5. The van der Waals surface area contributed by atoms with E-state index < -0.39 is 0 Å². The van der Waals surface area contributed by atoms with Gasteiger partial charge in [-0.05, 0) is 61.2 Å². The molecule has 0 aliphatic heterocycles. The summed E-state index contributed by atoms with van der Waals surface area (Å²) in [7, 11) is 0. The molecule has 2 aromatic carbocycles. The Labute approximate surface area is 239 Å². The van der Waals surface area contributed by atoms with E-state index in [0.29, 0.717) is 30.2 Å².